The van der Waals surface area contributed by atoms with E-state index in [1.54, 1.807) is 0 Å². The maximum absolute atomic E-state index is 12.5. The number of likely N-dealkylation sites (tertiary alicyclic amines) is 1. The maximum Gasteiger partial charge on any atom is 0.225 e. The van der Waals surface area contributed by atoms with Crippen molar-refractivity contribution in [1.29, 1.82) is 0 Å². The van der Waals surface area contributed by atoms with Crippen molar-refractivity contribution in [1.82, 2.24) is 14.5 Å². The van der Waals surface area contributed by atoms with Crippen molar-refractivity contribution in [3.8, 4) is 0 Å². The zero-order valence-corrected chi connectivity index (χ0v) is 14.0. The third-order valence-electron chi connectivity index (χ3n) is 5.35. The van der Waals surface area contributed by atoms with Gasteiger partial charge in [-0.2, -0.15) is 0 Å². The summed E-state index contributed by atoms with van der Waals surface area (Å²) in [7, 11) is 0. The minimum Gasteiger partial charge on any atom is -0.342 e. The van der Waals surface area contributed by atoms with Crippen LogP contribution in [0.4, 0.5) is 0 Å². The fraction of sp³-hybridized carbons (Fsp3) is 0.778. The number of imidazole rings is 1. The van der Waals surface area contributed by atoms with Crippen molar-refractivity contribution in [2.45, 2.75) is 64.8 Å². The summed E-state index contributed by atoms with van der Waals surface area (Å²) < 4.78 is 2.31. The van der Waals surface area contributed by atoms with E-state index in [-0.39, 0.29) is 0 Å². The molecule has 0 unspecified atom stereocenters. The number of amides is 1. The van der Waals surface area contributed by atoms with Crippen LogP contribution in [-0.4, -0.2) is 33.4 Å². The number of hydrogen-bond donors (Lipinski definition) is 0. The quantitative estimate of drug-likeness (QED) is 0.854. The van der Waals surface area contributed by atoms with Gasteiger partial charge in [-0.05, 0) is 31.6 Å². The topological polar surface area (TPSA) is 38.1 Å². The average molecular weight is 303 g/mol. The highest BCUT2D eigenvalue weighted by Crippen LogP contribution is 2.29. The van der Waals surface area contributed by atoms with Gasteiger partial charge in [-0.25, -0.2) is 4.98 Å². The molecule has 1 aliphatic heterocycles. The summed E-state index contributed by atoms with van der Waals surface area (Å²) in [6.45, 7) is 7.35. The lowest BCUT2D eigenvalue weighted by Crippen LogP contribution is -2.42. The fourth-order valence-corrected chi connectivity index (χ4v) is 4.02. The molecular formula is C18H29N3O. The molecular weight excluding hydrogens is 274 g/mol. The molecule has 22 heavy (non-hydrogen) atoms. The molecule has 1 saturated heterocycles. The number of aromatic nitrogens is 2. The Labute approximate surface area is 133 Å². The van der Waals surface area contributed by atoms with Gasteiger partial charge < -0.3 is 9.47 Å². The first-order chi connectivity index (χ1) is 10.6. The zero-order chi connectivity index (χ0) is 15.5. The summed E-state index contributed by atoms with van der Waals surface area (Å²) in [5.41, 5.74) is 0. The third-order valence-corrected chi connectivity index (χ3v) is 5.35. The molecule has 1 aliphatic carbocycles. The molecule has 4 nitrogen and oxygen atoms in total. The highest BCUT2D eigenvalue weighted by atomic mass is 16.2. The second kappa shape index (κ2) is 6.84. The van der Waals surface area contributed by atoms with Crippen LogP contribution >= 0.6 is 0 Å². The van der Waals surface area contributed by atoms with Crippen LogP contribution in [0.25, 0.3) is 0 Å². The number of rotatable bonds is 4. The van der Waals surface area contributed by atoms with Gasteiger partial charge in [0.15, 0.2) is 0 Å². The SMILES string of the molecule is CC(C)c1nccn1CC1CCN(C(=O)C2CCCC2)CC1. The van der Waals surface area contributed by atoms with Gasteiger partial charge in [-0.15, -0.1) is 0 Å². The molecule has 1 saturated carbocycles. The fourth-order valence-electron chi connectivity index (χ4n) is 4.02. The van der Waals surface area contributed by atoms with Gasteiger partial charge in [-0.1, -0.05) is 26.7 Å². The summed E-state index contributed by atoms with van der Waals surface area (Å²) in [5.74, 6) is 3.10. The largest absolute Gasteiger partial charge is 0.342 e. The first-order valence-corrected chi connectivity index (χ1v) is 8.95. The van der Waals surface area contributed by atoms with E-state index in [0.29, 0.717) is 23.7 Å². The third kappa shape index (κ3) is 3.36. The van der Waals surface area contributed by atoms with E-state index in [4.69, 9.17) is 0 Å². The molecule has 0 bridgehead atoms. The van der Waals surface area contributed by atoms with E-state index in [1.807, 2.05) is 6.20 Å². The molecule has 0 spiro atoms. The van der Waals surface area contributed by atoms with Crippen LogP contribution < -0.4 is 0 Å². The molecule has 0 aromatic carbocycles. The molecule has 1 aromatic heterocycles. The Balaban J connectivity index is 1.51. The highest BCUT2D eigenvalue weighted by Gasteiger charge is 2.30. The molecule has 1 amide bonds. The molecule has 2 aliphatic rings. The number of carbonyl (C=O) groups excluding carboxylic acids is 1. The highest BCUT2D eigenvalue weighted by molar-refractivity contribution is 5.79. The van der Waals surface area contributed by atoms with E-state index in [0.717, 1.165) is 45.3 Å². The van der Waals surface area contributed by atoms with Crippen molar-refractivity contribution in [3.63, 3.8) is 0 Å². The van der Waals surface area contributed by atoms with Gasteiger partial charge in [0.25, 0.3) is 0 Å². The maximum atomic E-state index is 12.5. The second-order valence-electron chi connectivity index (χ2n) is 7.34. The van der Waals surface area contributed by atoms with Gasteiger partial charge in [0.05, 0.1) is 0 Å². The van der Waals surface area contributed by atoms with Crippen molar-refractivity contribution < 1.29 is 4.79 Å². The van der Waals surface area contributed by atoms with Crippen molar-refractivity contribution in [3.05, 3.63) is 18.2 Å². The molecule has 0 N–H and O–H groups in total. The smallest absolute Gasteiger partial charge is 0.225 e. The Hall–Kier alpha value is -1.32. The van der Waals surface area contributed by atoms with Gasteiger partial charge in [-0.3, -0.25) is 4.79 Å². The van der Waals surface area contributed by atoms with Crippen LogP contribution in [0, 0.1) is 11.8 Å². The molecule has 2 heterocycles. The average Bonchev–Trinajstić information content (AvgIpc) is 3.18. The molecule has 0 radical (unpaired) electrons. The Kier molecular flexibility index (Phi) is 4.84. The molecule has 4 heteroatoms. The Morgan fingerprint density at radius 2 is 1.91 bits per heavy atom. The zero-order valence-electron chi connectivity index (χ0n) is 14.0. The Morgan fingerprint density at radius 3 is 2.55 bits per heavy atom. The van der Waals surface area contributed by atoms with E-state index in [1.165, 1.54) is 18.7 Å². The normalized spacial score (nSPS) is 21.0. The lowest BCUT2D eigenvalue weighted by atomic mass is 9.95. The van der Waals surface area contributed by atoms with Crippen LogP contribution in [0.1, 0.15) is 64.1 Å². The standard InChI is InChI=1S/C18H29N3O/c1-14(2)17-19-9-12-21(17)13-15-7-10-20(11-8-15)18(22)16-5-3-4-6-16/h9,12,14-16H,3-8,10-11,13H2,1-2H3. The first kappa shape index (κ1) is 15.6. The van der Waals surface area contributed by atoms with E-state index < -0.39 is 0 Å². The van der Waals surface area contributed by atoms with Crippen LogP contribution in [0.3, 0.4) is 0 Å². The van der Waals surface area contributed by atoms with Crippen LogP contribution in [0.5, 0.6) is 0 Å². The minimum absolute atomic E-state index is 0.331. The summed E-state index contributed by atoms with van der Waals surface area (Å²) in [6.07, 6.45) is 11.0. The van der Waals surface area contributed by atoms with Crippen molar-refractivity contribution in [2.24, 2.45) is 11.8 Å². The summed E-state index contributed by atoms with van der Waals surface area (Å²) >= 11 is 0. The summed E-state index contributed by atoms with van der Waals surface area (Å²) in [4.78, 5) is 19.1. The molecule has 0 atom stereocenters. The summed E-state index contributed by atoms with van der Waals surface area (Å²) in [6, 6.07) is 0. The van der Waals surface area contributed by atoms with Gasteiger partial charge in [0.2, 0.25) is 5.91 Å². The lowest BCUT2D eigenvalue weighted by Gasteiger charge is -2.34. The summed E-state index contributed by atoms with van der Waals surface area (Å²) in [5, 5.41) is 0. The predicted molar refractivity (Wildman–Crippen MR) is 87.6 cm³/mol. The van der Waals surface area contributed by atoms with E-state index >= 15 is 0 Å². The molecule has 3 rings (SSSR count). The van der Waals surface area contributed by atoms with E-state index in [9.17, 15) is 4.79 Å². The number of carbonyl (C=O) groups is 1. The molecule has 1 aromatic rings. The number of piperidine rings is 1. The Bertz CT molecular complexity index is 494. The van der Waals surface area contributed by atoms with Gasteiger partial charge in [0.1, 0.15) is 5.82 Å². The first-order valence-electron chi connectivity index (χ1n) is 8.95. The van der Waals surface area contributed by atoms with Crippen LogP contribution in [0.15, 0.2) is 12.4 Å². The lowest BCUT2D eigenvalue weighted by molar-refractivity contribution is -0.136. The van der Waals surface area contributed by atoms with Crippen molar-refractivity contribution in [2.75, 3.05) is 13.1 Å². The molecule has 2 fully saturated rings. The minimum atomic E-state index is 0.331. The van der Waals surface area contributed by atoms with Crippen LogP contribution in [-0.2, 0) is 11.3 Å². The van der Waals surface area contributed by atoms with Crippen molar-refractivity contribution >= 4 is 5.91 Å². The second-order valence-corrected chi connectivity index (χ2v) is 7.34. The monoisotopic (exact) mass is 303 g/mol. The van der Waals surface area contributed by atoms with E-state index in [2.05, 4.69) is 34.5 Å². The number of nitrogens with zero attached hydrogens (tertiary/aromatic N) is 3. The number of hydrogen-bond acceptors (Lipinski definition) is 2. The van der Waals surface area contributed by atoms with Gasteiger partial charge in [0, 0.05) is 43.9 Å². The molecule has 122 valence electrons. The predicted octanol–water partition coefficient (Wildman–Crippen LogP) is 3.44. The van der Waals surface area contributed by atoms with Gasteiger partial charge >= 0.3 is 0 Å². The van der Waals surface area contributed by atoms with Crippen LogP contribution in [0.2, 0.25) is 0 Å². The Morgan fingerprint density at radius 1 is 1.23 bits per heavy atom.